The molecule has 23 heavy (non-hydrogen) atoms. The van der Waals surface area contributed by atoms with Gasteiger partial charge >= 0.3 is 0 Å². The van der Waals surface area contributed by atoms with E-state index in [-0.39, 0.29) is 19.2 Å². The lowest BCUT2D eigenvalue weighted by Crippen LogP contribution is -1.93. The minimum absolute atomic E-state index is 0. The Morgan fingerprint density at radius 3 is 1.78 bits per heavy atom. The van der Waals surface area contributed by atoms with Crippen molar-refractivity contribution in [3.8, 4) is 16.9 Å². The number of benzene rings is 4. The minimum Gasteiger partial charge on any atom is -0.507 e. The first-order chi connectivity index (χ1) is 10.8. The van der Waals surface area contributed by atoms with Gasteiger partial charge in [0.15, 0.2) is 0 Å². The second-order valence-corrected chi connectivity index (χ2v) is 5.43. The van der Waals surface area contributed by atoms with Crippen molar-refractivity contribution in [2.24, 2.45) is 0 Å². The van der Waals surface area contributed by atoms with Gasteiger partial charge in [-0.15, -0.1) is 0 Å². The van der Waals surface area contributed by atoms with E-state index in [4.69, 9.17) is 5.73 Å². The summed E-state index contributed by atoms with van der Waals surface area (Å²) >= 11 is 0. The highest BCUT2D eigenvalue weighted by atomic mass is 32.1. The molecule has 0 fully saturated rings. The Morgan fingerprint density at radius 1 is 0.609 bits per heavy atom. The lowest BCUT2D eigenvalue weighted by molar-refractivity contribution is 0.478. The number of rotatable bonds is 1. The summed E-state index contributed by atoms with van der Waals surface area (Å²) in [6, 6.07) is 23.7. The molecular formula is C20H15NOS. The SMILES string of the molecule is Nc1ccc2ccccc2c1-c1c(O)ccc2ccccc12.[S]. The summed E-state index contributed by atoms with van der Waals surface area (Å²) in [6.07, 6.45) is 0. The Morgan fingerprint density at radius 2 is 1.13 bits per heavy atom. The number of phenolic OH excluding ortho intramolecular Hbond substituents is 1. The molecule has 0 heterocycles. The van der Waals surface area contributed by atoms with Crippen molar-refractivity contribution in [1.29, 1.82) is 0 Å². The van der Waals surface area contributed by atoms with Crippen LogP contribution in [-0.2, 0) is 0 Å². The van der Waals surface area contributed by atoms with Crippen molar-refractivity contribution in [1.82, 2.24) is 0 Å². The van der Waals surface area contributed by atoms with E-state index in [0.717, 1.165) is 32.7 Å². The number of nitrogen functional groups attached to an aromatic ring is 1. The molecule has 0 aliphatic heterocycles. The summed E-state index contributed by atoms with van der Waals surface area (Å²) in [7, 11) is 0. The molecule has 2 radical (unpaired) electrons. The lowest BCUT2D eigenvalue weighted by atomic mass is 9.92. The number of phenols is 1. The van der Waals surface area contributed by atoms with Crippen LogP contribution in [0.25, 0.3) is 32.7 Å². The van der Waals surface area contributed by atoms with Gasteiger partial charge in [0.05, 0.1) is 0 Å². The topological polar surface area (TPSA) is 46.2 Å². The van der Waals surface area contributed by atoms with Crippen molar-refractivity contribution in [2.45, 2.75) is 0 Å². The maximum absolute atomic E-state index is 10.5. The summed E-state index contributed by atoms with van der Waals surface area (Å²) in [5, 5.41) is 14.7. The maximum Gasteiger partial charge on any atom is 0.124 e. The molecule has 0 atom stereocenters. The second-order valence-electron chi connectivity index (χ2n) is 5.43. The van der Waals surface area contributed by atoms with Crippen molar-refractivity contribution < 1.29 is 5.11 Å². The van der Waals surface area contributed by atoms with E-state index in [1.807, 2.05) is 60.7 Å². The van der Waals surface area contributed by atoms with Crippen LogP contribution in [0.15, 0.2) is 72.8 Å². The van der Waals surface area contributed by atoms with Crippen molar-refractivity contribution in [2.75, 3.05) is 5.73 Å². The smallest absolute Gasteiger partial charge is 0.124 e. The molecular weight excluding hydrogens is 302 g/mol. The largest absolute Gasteiger partial charge is 0.507 e. The van der Waals surface area contributed by atoms with Gasteiger partial charge in [-0.2, -0.15) is 0 Å². The van der Waals surface area contributed by atoms with Gasteiger partial charge in [-0.05, 0) is 33.7 Å². The maximum atomic E-state index is 10.5. The molecule has 0 aromatic heterocycles. The fourth-order valence-electron chi connectivity index (χ4n) is 3.09. The number of anilines is 1. The molecule has 3 heteroatoms. The first kappa shape index (κ1) is 15.3. The van der Waals surface area contributed by atoms with E-state index in [1.165, 1.54) is 0 Å². The lowest BCUT2D eigenvalue weighted by Gasteiger charge is -2.14. The minimum atomic E-state index is 0. The third-order valence-electron chi connectivity index (χ3n) is 4.12. The number of aromatic hydroxyl groups is 1. The number of hydrogen-bond acceptors (Lipinski definition) is 2. The Balaban J connectivity index is 0.00000156. The molecule has 0 aliphatic rings. The molecule has 0 amide bonds. The van der Waals surface area contributed by atoms with E-state index >= 15 is 0 Å². The zero-order valence-electron chi connectivity index (χ0n) is 12.4. The first-order valence-corrected chi connectivity index (χ1v) is 7.24. The van der Waals surface area contributed by atoms with Gasteiger partial charge in [0.2, 0.25) is 0 Å². The number of hydrogen-bond donors (Lipinski definition) is 2. The van der Waals surface area contributed by atoms with Gasteiger partial charge < -0.3 is 10.8 Å². The van der Waals surface area contributed by atoms with Crippen LogP contribution in [-0.4, -0.2) is 5.11 Å². The normalized spacial score (nSPS) is 10.6. The van der Waals surface area contributed by atoms with Crippen LogP contribution in [0.2, 0.25) is 0 Å². The molecule has 3 N–H and O–H groups in total. The summed E-state index contributed by atoms with van der Waals surface area (Å²) in [5.41, 5.74) is 8.63. The molecule has 112 valence electrons. The summed E-state index contributed by atoms with van der Waals surface area (Å²) in [4.78, 5) is 0. The molecule has 0 bridgehead atoms. The van der Waals surface area contributed by atoms with Gasteiger partial charge in [-0.3, -0.25) is 0 Å². The Hall–Kier alpha value is -2.65. The van der Waals surface area contributed by atoms with E-state index < -0.39 is 0 Å². The van der Waals surface area contributed by atoms with Gasteiger partial charge in [-0.1, -0.05) is 60.7 Å². The van der Waals surface area contributed by atoms with E-state index in [9.17, 15) is 5.11 Å². The van der Waals surface area contributed by atoms with Gasteiger partial charge in [0.1, 0.15) is 5.75 Å². The summed E-state index contributed by atoms with van der Waals surface area (Å²) in [6.45, 7) is 0. The molecule has 4 rings (SSSR count). The third kappa shape index (κ3) is 2.39. The predicted molar refractivity (Wildman–Crippen MR) is 101 cm³/mol. The van der Waals surface area contributed by atoms with Gasteiger partial charge in [-0.25, -0.2) is 0 Å². The fourth-order valence-corrected chi connectivity index (χ4v) is 3.09. The summed E-state index contributed by atoms with van der Waals surface area (Å²) in [5.74, 6) is 0.252. The van der Waals surface area contributed by atoms with E-state index in [1.54, 1.807) is 6.07 Å². The Kier molecular flexibility index (Phi) is 3.89. The number of nitrogens with two attached hydrogens (primary N) is 1. The molecule has 4 aromatic carbocycles. The number of fused-ring (bicyclic) bond motifs is 2. The molecule has 2 nitrogen and oxygen atoms in total. The predicted octanol–water partition coefficient (Wildman–Crippen LogP) is 5.60. The average molecular weight is 317 g/mol. The molecule has 0 saturated heterocycles. The van der Waals surface area contributed by atoms with E-state index in [0.29, 0.717) is 5.69 Å². The zero-order chi connectivity index (χ0) is 15.1. The van der Waals surface area contributed by atoms with Crippen LogP contribution in [0.3, 0.4) is 0 Å². The van der Waals surface area contributed by atoms with Crippen LogP contribution in [0.1, 0.15) is 0 Å². The van der Waals surface area contributed by atoms with Crippen molar-refractivity contribution in [3.05, 3.63) is 72.8 Å². The van der Waals surface area contributed by atoms with Gasteiger partial charge in [0, 0.05) is 30.3 Å². The monoisotopic (exact) mass is 317 g/mol. The molecule has 0 spiro atoms. The van der Waals surface area contributed by atoms with E-state index in [2.05, 4.69) is 6.07 Å². The molecule has 0 aliphatic carbocycles. The molecule has 4 aromatic rings. The van der Waals surface area contributed by atoms with Crippen LogP contribution >= 0.6 is 13.5 Å². The first-order valence-electron chi connectivity index (χ1n) is 7.24. The van der Waals surface area contributed by atoms with Crippen LogP contribution in [0.5, 0.6) is 5.75 Å². The quantitative estimate of drug-likeness (QED) is 0.449. The summed E-state index contributed by atoms with van der Waals surface area (Å²) < 4.78 is 0. The third-order valence-corrected chi connectivity index (χ3v) is 4.12. The fraction of sp³-hybridized carbons (Fsp3) is 0. The van der Waals surface area contributed by atoms with Crippen LogP contribution in [0.4, 0.5) is 5.69 Å². The van der Waals surface area contributed by atoms with Crippen molar-refractivity contribution in [3.63, 3.8) is 0 Å². The second kappa shape index (κ2) is 5.86. The zero-order valence-corrected chi connectivity index (χ0v) is 13.2. The standard InChI is InChI=1S/C20H15NO.S/c21-17-11-9-13-5-1-3-7-15(13)19(17)20-16-8-4-2-6-14(16)10-12-18(20)22;/h1-12,22H,21H2;. The highest BCUT2D eigenvalue weighted by Gasteiger charge is 2.15. The Labute approximate surface area is 141 Å². The molecule has 0 saturated carbocycles. The molecule has 0 unspecified atom stereocenters. The van der Waals surface area contributed by atoms with Gasteiger partial charge in [0.25, 0.3) is 0 Å². The highest BCUT2D eigenvalue weighted by Crippen LogP contribution is 2.42. The average Bonchev–Trinajstić information content (AvgIpc) is 2.56. The van der Waals surface area contributed by atoms with Crippen LogP contribution in [0, 0.1) is 0 Å². The van der Waals surface area contributed by atoms with Crippen molar-refractivity contribution >= 4 is 40.7 Å². The highest BCUT2D eigenvalue weighted by molar-refractivity contribution is 7.59. The van der Waals surface area contributed by atoms with Crippen LogP contribution < -0.4 is 5.73 Å². The Bertz CT molecular complexity index is 927.